The number of methoxy groups -OCH3 is 2. The van der Waals surface area contributed by atoms with Gasteiger partial charge >= 0.3 is 0 Å². The van der Waals surface area contributed by atoms with Crippen molar-refractivity contribution in [3.63, 3.8) is 0 Å². The number of carbonyl (C=O) groups is 1. The van der Waals surface area contributed by atoms with Gasteiger partial charge in [-0.05, 0) is 19.2 Å². The van der Waals surface area contributed by atoms with Crippen LogP contribution in [-0.2, 0) is 4.74 Å². The third-order valence-corrected chi connectivity index (χ3v) is 4.67. The fourth-order valence-electron chi connectivity index (χ4n) is 3.36. The van der Waals surface area contributed by atoms with Crippen LogP contribution >= 0.6 is 0 Å². The minimum absolute atomic E-state index is 0.0108. The van der Waals surface area contributed by atoms with Gasteiger partial charge < -0.3 is 19.1 Å². The molecule has 6 nitrogen and oxygen atoms in total. The Hall–Kier alpha value is -1.79. The molecule has 6 heteroatoms. The second-order valence-corrected chi connectivity index (χ2v) is 6.27. The van der Waals surface area contributed by atoms with Crippen molar-refractivity contribution in [2.75, 3.05) is 54.1 Å². The predicted molar refractivity (Wildman–Crippen MR) is 86.2 cm³/mol. The van der Waals surface area contributed by atoms with Crippen LogP contribution in [0.3, 0.4) is 0 Å². The molecule has 2 aliphatic heterocycles. The number of nitrogens with zero attached hydrogens (tertiary/aromatic N) is 2. The number of benzene rings is 1. The average molecular weight is 320 g/mol. The smallest absolute Gasteiger partial charge is 0.257 e. The van der Waals surface area contributed by atoms with E-state index in [9.17, 15) is 4.79 Å². The Kier molecular flexibility index (Phi) is 4.73. The van der Waals surface area contributed by atoms with Crippen molar-refractivity contribution in [3.8, 4) is 11.5 Å². The van der Waals surface area contributed by atoms with Gasteiger partial charge in [0.25, 0.3) is 5.91 Å². The van der Waals surface area contributed by atoms with E-state index in [1.165, 1.54) is 0 Å². The van der Waals surface area contributed by atoms with Gasteiger partial charge in [0.2, 0.25) is 0 Å². The molecule has 1 aromatic carbocycles. The molecular weight excluding hydrogens is 296 g/mol. The van der Waals surface area contributed by atoms with Gasteiger partial charge in [-0.1, -0.05) is 0 Å². The van der Waals surface area contributed by atoms with Crippen molar-refractivity contribution in [1.82, 2.24) is 9.80 Å². The molecule has 0 aliphatic carbocycles. The van der Waals surface area contributed by atoms with Crippen LogP contribution in [0.1, 0.15) is 10.4 Å². The molecule has 2 bridgehead atoms. The summed E-state index contributed by atoms with van der Waals surface area (Å²) in [6.45, 7) is 3.75. The van der Waals surface area contributed by atoms with Crippen LogP contribution in [0.5, 0.6) is 11.5 Å². The van der Waals surface area contributed by atoms with E-state index in [1.807, 2.05) is 4.90 Å². The van der Waals surface area contributed by atoms with Crippen LogP contribution in [0.4, 0.5) is 0 Å². The second-order valence-electron chi connectivity index (χ2n) is 6.27. The highest BCUT2D eigenvalue weighted by atomic mass is 16.5. The third-order valence-electron chi connectivity index (χ3n) is 4.67. The maximum atomic E-state index is 13.0. The zero-order chi connectivity index (χ0) is 16.4. The lowest BCUT2D eigenvalue weighted by Crippen LogP contribution is -2.44. The van der Waals surface area contributed by atoms with Crippen molar-refractivity contribution in [1.29, 1.82) is 0 Å². The Balaban J connectivity index is 1.85. The van der Waals surface area contributed by atoms with Crippen LogP contribution in [0, 0.1) is 5.92 Å². The Morgan fingerprint density at radius 2 is 2.00 bits per heavy atom. The summed E-state index contributed by atoms with van der Waals surface area (Å²) in [5.41, 5.74) is 0.580. The Morgan fingerprint density at radius 1 is 1.17 bits per heavy atom. The molecule has 1 aromatic rings. The van der Waals surface area contributed by atoms with E-state index < -0.39 is 0 Å². The first-order valence-corrected chi connectivity index (χ1v) is 7.91. The molecule has 2 heterocycles. The molecule has 2 saturated heterocycles. The van der Waals surface area contributed by atoms with E-state index in [0.29, 0.717) is 42.7 Å². The molecule has 3 rings (SSSR count). The normalized spacial score (nSPS) is 24.9. The van der Waals surface area contributed by atoms with Gasteiger partial charge in [0.1, 0.15) is 11.5 Å². The Labute approximate surface area is 136 Å². The van der Waals surface area contributed by atoms with Gasteiger partial charge in [-0.25, -0.2) is 0 Å². The van der Waals surface area contributed by atoms with Gasteiger partial charge in [0.05, 0.1) is 39.0 Å². The second kappa shape index (κ2) is 6.76. The van der Waals surface area contributed by atoms with Gasteiger partial charge in [0.15, 0.2) is 0 Å². The molecule has 2 aliphatic rings. The minimum Gasteiger partial charge on any atom is -0.497 e. The number of hydrogen-bond donors (Lipinski definition) is 0. The fourth-order valence-corrected chi connectivity index (χ4v) is 3.36. The molecule has 126 valence electrons. The van der Waals surface area contributed by atoms with E-state index in [4.69, 9.17) is 14.2 Å². The summed E-state index contributed by atoms with van der Waals surface area (Å²) >= 11 is 0. The molecule has 0 aromatic heterocycles. The molecule has 0 N–H and O–H groups in total. The summed E-state index contributed by atoms with van der Waals surface area (Å²) in [5, 5.41) is 0. The monoisotopic (exact) mass is 320 g/mol. The van der Waals surface area contributed by atoms with E-state index >= 15 is 0 Å². The summed E-state index contributed by atoms with van der Waals surface area (Å²) in [6.07, 6.45) is 0. The van der Waals surface area contributed by atoms with Crippen molar-refractivity contribution < 1.29 is 19.0 Å². The minimum atomic E-state index is 0.0108. The van der Waals surface area contributed by atoms with Crippen molar-refractivity contribution in [2.45, 2.75) is 6.04 Å². The van der Waals surface area contributed by atoms with Gasteiger partial charge in [0, 0.05) is 31.6 Å². The van der Waals surface area contributed by atoms with E-state index in [2.05, 4.69) is 11.9 Å². The summed E-state index contributed by atoms with van der Waals surface area (Å²) in [6, 6.07) is 5.57. The van der Waals surface area contributed by atoms with E-state index in [1.54, 1.807) is 32.4 Å². The number of carbonyl (C=O) groups excluding carboxylic acids is 1. The first-order chi connectivity index (χ1) is 11.1. The SMILES string of the molecule is COc1ccc(C(=O)N2C[C@@H]3COC[C@H](C2)N(C)C3)c(OC)c1. The number of amides is 1. The fraction of sp³-hybridized carbons (Fsp3) is 0.588. The predicted octanol–water partition coefficient (Wildman–Crippen LogP) is 1.11. The van der Waals surface area contributed by atoms with Gasteiger partial charge in [-0.3, -0.25) is 9.69 Å². The van der Waals surface area contributed by atoms with E-state index in [0.717, 1.165) is 13.1 Å². The zero-order valence-electron chi connectivity index (χ0n) is 13.9. The van der Waals surface area contributed by atoms with Crippen molar-refractivity contribution >= 4 is 5.91 Å². The van der Waals surface area contributed by atoms with Crippen LogP contribution in [0.2, 0.25) is 0 Å². The van der Waals surface area contributed by atoms with Crippen LogP contribution in [0.15, 0.2) is 18.2 Å². The maximum Gasteiger partial charge on any atom is 0.257 e. The molecule has 0 spiro atoms. The number of hydrogen-bond acceptors (Lipinski definition) is 5. The molecule has 0 radical (unpaired) electrons. The van der Waals surface area contributed by atoms with Crippen LogP contribution in [0.25, 0.3) is 0 Å². The highest BCUT2D eigenvalue weighted by molar-refractivity contribution is 5.97. The van der Waals surface area contributed by atoms with Crippen molar-refractivity contribution in [2.24, 2.45) is 5.92 Å². The van der Waals surface area contributed by atoms with Gasteiger partial charge in [-0.2, -0.15) is 0 Å². The highest BCUT2D eigenvalue weighted by Gasteiger charge is 2.34. The van der Waals surface area contributed by atoms with Crippen LogP contribution < -0.4 is 9.47 Å². The molecule has 2 atom stereocenters. The average Bonchev–Trinajstić information content (AvgIpc) is 2.82. The molecule has 1 amide bonds. The largest absolute Gasteiger partial charge is 0.497 e. The summed E-state index contributed by atoms with van der Waals surface area (Å²) < 4.78 is 16.3. The molecular formula is C17H24N2O4. The first-order valence-electron chi connectivity index (χ1n) is 7.91. The molecule has 2 fully saturated rings. The third kappa shape index (κ3) is 3.28. The highest BCUT2D eigenvalue weighted by Crippen LogP contribution is 2.27. The number of fused-ring (bicyclic) bond motifs is 3. The van der Waals surface area contributed by atoms with Gasteiger partial charge in [-0.15, -0.1) is 0 Å². The maximum absolute atomic E-state index is 13.0. The molecule has 0 unspecified atom stereocenters. The lowest BCUT2D eigenvalue weighted by atomic mass is 10.1. The van der Waals surface area contributed by atoms with Crippen LogP contribution in [-0.4, -0.2) is 75.9 Å². The van der Waals surface area contributed by atoms with Crippen molar-refractivity contribution in [3.05, 3.63) is 23.8 Å². The lowest BCUT2D eigenvalue weighted by Gasteiger charge is -2.30. The lowest BCUT2D eigenvalue weighted by molar-refractivity contribution is 0.0432. The standard InChI is InChI=1S/C17H24N2O4/c1-18-7-12-8-19(9-13(18)11-23-10-12)17(20)15-5-4-14(21-2)6-16(15)22-3/h4-6,12-13H,7-11H2,1-3H3/t12-,13+/m1/s1. The number of likely N-dealkylation sites (N-methyl/N-ethyl adjacent to an activating group) is 1. The Morgan fingerprint density at radius 3 is 2.74 bits per heavy atom. The van der Waals surface area contributed by atoms with E-state index in [-0.39, 0.29) is 11.9 Å². The number of rotatable bonds is 3. The Bertz CT molecular complexity index is 578. The zero-order valence-corrected chi connectivity index (χ0v) is 13.9. The molecule has 0 saturated carbocycles. The summed E-state index contributed by atoms with van der Waals surface area (Å²) in [4.78, 5) is 17.3. The number of ether oxygens (including phenoxy) is 3. The summed E-state index contributed by atoms with van der Waals surface area (Å²) in [5.74, 6) is 1.59. The summed E-state index contributed by atoms with van der Waals surface area (Å²) in [7, 11) is 5.28. The topological polar surface area (TPSA) is 51.2 Å². The quantitative estimate of drug-likeness (QED) is 0.835. The first kappa shape index (κ1) is 16.1. The molecule has 23 heavy (non-hydrogen) atoms.